The molecule has 2 aromatic carbocycles. The normalized spacial score (nSPS) is 14.6. The van der Waals surface area contributed by atoms with Gasteiger partial charge in [-0.2, -0.15) is 4.57 Å². The van der Waals surface area contributed by atoms with Crippen LogP contribution in [0.5, 0.6) is 11.5 Å². The standard InChI is InChI=1S/C27H29N2O2S2/c1-6-13-28-22-17-20(30-4)9-11-24(22)32-26(28)15-19(8-3)16-27-29(14-7-2)23-18-21(31-5)10-12-25(23)33-27/h6-7,9-12,15-18H,1-2,8,13-14H2,3-5H3/q+1. The van der Waals surface area contributed by atoms with Crippen LogP contribution in [-0.4, -0.2) is 20.8 Å². The lowest BCUT2D eigenvalue weighted by molar-refractivity contribution is -0.658. The summed E-state index contributed by atoms with van der Waals surface area (Å²) in [6, 6.07) is 12.5. The van der Waals surface area contributed by atoms with Gasteiger partial charge in [0.1, 0.15) is 16.2 Å². The van der Waals surface area contributed by atoms with Gasteiger partial charge in [0, 0.05) is 23.6 Å². The molecule has 0 fully saturated rings. The van der Waals surface area contributed by atoms with E-state index in [1.54, 1.807) is 37.3 Å². The number of thiazole rings is 1. The fraction of sp³-hybridized carbons (Fsp3) is 0.222. The van der Waals surface area contributed by atoms with Crippen LogP contribution in [0.25, 0.3) is 16.3 Å². The van der Waals surface area contributed by atoms with Crippen LogP contribution >= 0.6 is 23.1 Å². The minimum atomic E-state index is 0.745. The molecule has 6 heteroatoms. The van der Waals surface area contributed by atoms with E-state index in [1.807, 2.05) is 24.3 Å². The van der Waals surface area contributed by atoms with E-state index in [0.29, 0.717) is 0 Å². The van der Waals surface area contributed by atoms with Crippen molar-refractivity contribution in [3.63, 3.8) is 0 Å². The maximum absolute atomic E-state index is 5.45. The van der Waals surface area contributed by atoms with Crippen molar-refractivity contribution < 1.29 is 14.0 Å². The molecular formula is C27H29N2O2S2+. The molecule has 0 atom stereocenters. The third-order valence-corrected chi connectivity index (χ3v) is 7.75. The van der Waals surface area contributed by atoms with Crippen LogP contribution in [0.3, 0.4) is 0 Å². The molecule has 0 N–H and O–H groups in total. The van der Waals surface area contributed by atoms with E-state index in [9.17, 15) is 0 Å². The lowest BCUT2D eigenvalue weighted by Crippen LogP contribution is -2.34. The Morgan fingerprint density at radius 3 is 2.52 bits per heavy atom. The van der Waals surface area contributed by atoms with Crippen LogP contribution in [0.1, 0.15) is 18.4 Å². The average Bonchev–Trinajstić information content (AvgIpc) is 3.35. The molecule has 0 spiro atoms. The molecule has 3 aromatic rings. The quantitative estimate of drug-likeness (QED) is 0.249. The van der Waals surface area contributed by atoms with E-state index < -0.39 is 0 Å². The van der Waals surface area contributed by atoms with Crippen LogP contribution < -0.4 is 18.9 Å². The van der Waals surface area contributed by atoms with Crippen molar-refractivity contribution in [1.82, 2.24) is 0 Å². The molecule has 0 bridgehead atoms. The summed E-state index contributed by atoms with van der Waals surface area (Å²) in [6.45, 7) is 11.6. The Balaban J connectivity index is 1.76. The summed E-state index contributed by atoms with van der Waals surface area (Å²) in [6.07, 6.45) is 9.40. The highest BCUT2D eigenvalue weighted by molar-refractivity contribution is 8.03. The average molecular weight is 478 g/mol. The van der Waals surface area contributed by atoms with Crippen molar-refractivity contribution in [3.05, 3.63) is 83.4 Å². The lowest BCUT2D eigenvalue weighted by atomic mass is 10.2. The molecule has 0 saturated carbocycles. The minimum Gasteiger partial charge on any atom is -0.497 e. The number of anilines is 1. The van der Waals surface area contributed by atoms with Gasteiger partial charge >= 0.3 is 0 Å². The minimum absolute atomic E-state index is 0.745. The molecule has 2 heterocycles. The number of hydrogen-bond acceptors (Lipinski definition) is 5. The number of fused-ring (bicyclic) bond motifs is 2. The Morgan fingerprint density at radius 2 is 1.82 bits per heavy atom. The molecule has 0 unspecified atom stereocenters. The molecule has 170 valence electrons. The second-order valence-electron chi connectivity index (χ2n) is 7.56. The monoisotopic (exact) mass is 477 g/mol. The molecule has 1 aliphatic heterocycles. The largest absolute Gasteiger partial charge is 0.497 e. The summed E-state index contributed by atoms with van der Waals surface area (Å²) >= 11 is 3.58. The number of hydrogen-bond donors (Lipinski definition) is 0. The topological polar surface area (TPSA) is 25.6 Å². The Hall–Kier alpha value is -2.96. The molecule has 4 nitrogen and oxygen atoms in total. The van der Waals surface area contributed by atoms with Crippen molar-refractivity contribution in [2.75, 3.05) is 25.7 Å². The van der Waals surface area contributed by atoms with Gasteiger partial charge < -0.3 is 14.4 Å². The highest BCUT2D eigenvalue weighted by atomic mass is 32.2. The van der Waals surface area contributed by atoms with E-state index in [2.05, 4.69) is 66.0 Å². The number of methoxy groups -OCH3 is 2. The number of allylic oxidation sites excluding steroid dienone is 3. The van der Waals surface area contributed by atoms with Crippen LogP contribution in [0, 0.1) is 0 Å². The van der Waals surface area contributed by atoms with Crippen LogP contribution in [0.2, 0.25) is 0 Å². The van der Waals surface area contributed by atoms with Gasteiger partial charge in [-0.25, -0.2) is 0 Å². The van der Waals surface area contributed by atoms with Gasteiger partial charge in [0.25, 0.3) is 5.01 Å². The highest BCUT2D eigenvalue weighted by Gasteiger charge is 2.25. The van der Waals surface area contributed by atoms with Gasteiger partial charge in [-0.15, -0.1) is 6.58 Å². The summed E-state index contributed by atoms with van der Waals surface area (Å²) in [5.41, 5.74) is 3.59. The maximum atomic E-state index is 5.45. The highest BCUT2D eigenvalue weighted by Crippen LogP contribution is 2.47. The first-order valence-corrected chi connectivity index (χ1v) is 12.5. The predicted molar refractivity (Wildman–Crippen MR) is 142 cm³/mol. The molecule has 0 aliphatic carbocycles. The van der Waals surface area contributed by atoms with Crippen molar-refractivity contribution in [3.8, 4) is 11.5 Å². The zero-order valence-electron chi connectivity index (χ0n) is 19.3. The fourth-order valence-corrected chi connectivity index (χ4v) is 6.09. The second-order valence-corrected chi connectivity index (χ2v) is 9.69. The van der Waals surface area contributed by atoms with Gasteiger partial charge in [-0.05, 0) is 48.4 Å². The number of benzene rings is 2. The zero-order valence-corrected chi connectivity index (χ0v) is 21.0. The van der Waals surface area contributed by atoms with Crippen molar-refractivity contribution in [1.29, 1.82) is 0 Å². The summed E-state index contributed by atoms with van der Waals surface area (Å²) in [4.78, 5) is 3.53. The van der Waals surface area contributed by atoms with Crippen LogP contribution in [0.4, 0.5) is 5.69 Å². The van der Waals surface area contributed by atoms with Crippen LogP contribution in [-0.2, 0) is 6.54 Å². The lowest BCUT2D eigenvalue weighted by Gasteiger charge is -2.19. The van der Waals surface area contributed by atoms with E-state index >= 15 is 0 Å². The number of aromatic nitrogens is 1. The Labute approximate surface area is 204 Å². The summed E-state index contributed by atoms with van der Waals surface area (Å²) in [7, 11) is 3.41. The molecular weight excluding hydrogens is 448 g/mol. The van der Waals surface area contributed by atoms with Crippen molar-refractivity contribution >= 4 is 45.1 Å². The molecule has 0 saturated heterocycles. The summed E-state index contributed by atoms with van der Waals surface area (Å²) in [5.74, 6) is 1.73. The second kappa shape index (κ2) is 10.3. The van der Waals surface area contributed by atoms with E-state index in [4.69, 9.17) is 9.47 Å². The van der Waals surface area contributed by atoms with E-state index in [1.165, 1.54) is 25.2 Å². The molecule has 0 radical (unpaired) electrons. The number of ether oxygens (including phenoxy) is 2. The summed E-state index contributed by atoms with van der Waals surface area (Å²) in [5, 5.41) is 2.40. The Morgan fingerprint density at radius 1 is 1.06 bits per heavy atom. The first-order valence-electron chi connectivity index (χ1n) is 10.9. The smallest absolute Gasteiger partial charge is 0.263 e. The first kappa shape index (κ1) is 23.2. The Bertz CT molecular complexity index is 1260. The summed E-state index contributed by atoms with van der Waals surface area (Å²) < 4.78 is 14.4. The molecule has 0 amide bonds. The number of thioether (sulfide) groups is 1. The zero-order chi connectivity index (χ0) is 23.4. The first-order chi connectivity index (χ1) is 16.1. The van der Waals surface area contributed by atoms with Crippen molar-refractivity contribution in [2.24, 2.45) is 0 Å². The van der Waals surface area contributed by atoms with Crippen molar-refractivity contribution in [2.45, 2.75) is 24.8 Å². The number of rotatable bonds is 9. The number of nitrogens with zero attached hydrogens (tertiary/aromatic N) is 2. The Kier molecular flexibility index (Phi) is 7.26. The van der Waals surface area contributed by atoms with Crippen LogP contribution in [0.15, 0.2) is 83.3 Å². The third-order valence-electron chi connectivity index (χ3n) is 5.52. The maximum Gasteiger partial charge on any atom is 0.263 e. The van der Waals surface area contributed by atoms with E-state index in [-0.39, 0.29) is 0 Å². The van der Waals surface area contributed by atoms with Gasteiger partial charge in [0.15, 0.2) is 6.54 Å². The SMILES string of the molecule is C=CCN1/C(=C/C(=C/c2sc3ccc(OC)cc3[n+]2CC=C)CC)Sc2ccc(OC)cc21. The predicted octanol–water partition coefficient (Wildman–Crippen LogP) is 6.83. The third kappa shape index (κ3) is 4.72. The van der Waals surface area contributed by atoms with Gasteiger partial charge in [-0.3, -0.25) is 0 Å². The van der Waals surface area contributed by atoms with Gasteiger partial charge in [-0.1, -0.05) is 42.7 Å². The fourth-order valence-electron chi connectivity index (χ4n) is 3.83. The molecule has 1 aliphatic rings. The molecule has 1 aromatic heterocycles. The van der Waals surface area contributed by atoms with Gasteiger partial charge in [0.05, 0.1) is 31.0 Å². The van der Waals surface area contributed by atoms with E-state index in [0.717, 1.165) is 42.2 Å². The molecule has 4 rings (SSSR count). The molecule has 33 heavy (non-hydrogen) atoms. The van der Waals surface area contributed by atoms with Gasteiger partial charge in [0.2, 0.25) is 5.52 Å².